The molecule has 0 spiro atoms. The Balaban J connectivity index is 2.04. The average molecular weight is 551 g/mol. The molecule has 3 unspecified atom stereocenters. The number of carbonyl (C=O) groups is 3. The molecule has 1 aliphatic heterocycles. The predicted molar refractivity (Wildman–Crippen MR) is 143 cm³/mol. The van der Waals surface area contributed by atoms with Crippen molar-refractivity contribution in [3.8, 4) is 0 Å². The van der Waals surface area contributed by atoms with Gasteiger partial charge in [-0.2, -0.15) is 0 Å². The summed E-state index contributed by atoms with van der Waals surface area (Å²) < 4.78 is 10.7. The number of hydrogen-bond donors (Lipinski definition) is 2. The first-order valence-electron chi connectivity index (χ1n) is 13.8. The van der Waals surface area contributed by atoms with E-state index in [4.69, 9.17) is 9.47 Å². The smallest absolute Gasteiger partial charge is 0.330 e. The van der Waals surface area contributed by atoms with Crippen molar-refractivity contribution >= 4 is 17.8 Å². The lowest BCUT2D eigenvalue weighted by Gasteiger charge is -2.37. The van der Waals surface area contributed by atoms with Crippen LogP contribution in [0.4, 0.5) is 0 Å². The number of carbonyl (C=O) groups excluding carboxylic acids is 3. The third-order valence-electron chi connectivity index (χ3n) is 6.36. The van der Waals surface area contributed by atoms with Crippen LogP contribution >= 0.6 is 0 Å². The number of allylic oxidation sites excluding steroid dienone is 6. The number of amides is 1. The molecular formula is C27H42N4O8. The average Bonchev–Trinajstić information content (AvgIpc) is 3.20. The largest absolute Gasteiger partial charge is 0.465 e. The molecule has 12 nitrogen and oxygen atoms in total. The van der Waals surface area contributed by atoms with Gasteiger partial charge in [-0.05, 0) is 63.9 Å². The molecule has 0 radical (unpaired) electrons. The van der Waals surface area contributed by atoms with Gasteiger partial charge < -0.3 is 14.3 Å². The SMILES string of the molecule is CCCC(NC(CCC1=CC=CCC=C1)C(=O)OCC)C(=O)N1NCCCC1C(=O)OCCCCO[N+](=O)[O-]. The van der Waals surface area contributed by atoms with E-state index in [2.05, 4.69) is 27.7 Å². The van der Waals surface area contributed by atoms with Crippen LogP contribution in [0, 0.1) is 10.1 Å². The molecule has 39 heavy (non-hydrogen) atoms. The summed E-state index contributed by atoms with van der Waals surface area (Å²) in [6.07, 6.45) is 15.2. The Kier molecular flexibility index (Phi) is 14.8. The molecule has 0 aromatic heterocycles. The van der Waals surface area contributed by atoms with Gasteiger partial charge in [-0.1, -0.05) is 43.7 Å². The summed E-state index contributed by atoms with van der Waals surface area (Å²) >= 11 is 0. The topological polar surface area (TPSA) is 149 Å². The normalized spacial score (nSPS) is 18.5. The van der Waals surface area contributed by atoms with Gasteiger partial charge in [0.05, 0.1) is 25.9 Å². The summed E-state index contributed by atoms with van der Waals surface area (Å²) in [4.78, 5) is 53.8. The number of hydrogen-bond acceptors (Lipinski definition) is 10. The number of esters is 2. The number of ether oxygens (including phenoxy) is 2. The molecule has 1 fully saturated rings. The van der Waals surface area contributed by atoms with E-state index in [-0.39, 0.29) is 25.7 Å². The van der Waals surface area contributed by atoms with Crippen LogP contribution in [0.5, 0.6) is 0 Å². The highest BCUT2D eigenvalue weighted by Gasteiger charge is 2.38. The molecule has 1 saturated heterocycles. The van der Waals surface area contributed by atoms with Crippen LogP contribution in [0.15, 0.2) is 36.0 Å². The van der Waals surface area contributed by atoms with Gasteiger partial charge in [-0.15, -0.1) is 10.1 Å². The third-order valence-corrected chi connectivity index (χ3v) is 6.36. The highest BCUT2D eigenvalue weighted by molar-refractivity contribution is 5.88. The van der Waals surface area contributed by atoms with E-state index in [0.717, 1.165) is 12.0 Å². The van der Waals surface area contributed by atoms with Crippen molar-refractivity contribution in [1.29, 1.82) is 0 Å². The van der Waals surface area contributed by atoms with Crippen molar-refractivity contribution < 1.29 is 33.8 Å². The standard InChI is InChI=1S/C27H42N4O8/c1-3-12-22(29-23(26(33)37-4-2)17-16-21-13-7-5-6-8-14-21)25(32)30-24(15-11-18-28-30)27(34)38-19-9-10-20-39-31(35)36/h5,7-8,13-14,22-24,28-29H,3-4,6,9-12,15-20H2,1-2H3. The van der Waals surface area contributed by atoms with Crippen molar-refractivity contribution in [2.75, 3.05) is 26.4 Å². The van der Waals surface area contributed by atoms with Gasteiger partial charge in [0.25, 0.3) is 11.0 Å². The van der Waals surface area contributed by atoms with E-state index in [0.29, 0.717) is 57.9 Å². The van der Waals surface area contributed by atoms with Crippen molar-refractivity contribution in [2.24, 2.45) is 0 Å². The van der Waals surface area contributed by atoms with Gasteiger partial charge in [-0.3, -0.25) is 19.9 Å². The summed E-state index contributed by atoms with van der Waals surface area (Å²) in [6, 6.07) is -2.21. The van der Waals surface area contributed by atoms with E-state index < -0.39 is 35.2 Å². The first-order valence-corrected chi connectivity index (χ1v) is 13.8. The van der Waals surface area contributed by atoms with E-state index in [1.54, 1.807) is 6.92 Å². The minimum atomic E-state index is -0.862. The lowest BCUT2D eigenvalue weighted by atomic mass is 10.0. The Morgan fingerprint density at radius 1 is 1.15 bits per heavy atom. The monoisotopic (exact) mass is 550 g/mol. The molecule has 3 atom stereocenters. The fraction of sp³-hybridized carbons (Fsp3) is 0.667. The highest BCUT2D eigenvalue weighted by atomic mass is 16.9. The Morgan fingerprint density at radius 3 is 2.69 bits per heavy atom. The predicted octanol–water partition coefficient (Wildman–Crippen LogP) is 2.93. The fourth-order valence-corrected chi connectivity index (χ4v) is 4.39. The first-order chi connectivity index (χ1) is 18.9. The van der Waals surface area contributed by atoms with Crippen LogP contribution in [0.2, 0.25) is 0 Å². The quantitative estimate of drug-likeness (QED) is 0.120. The molecule has 2 aliphatic rings. The summed E-state index contributed by atoms with van der Waals surface area (Å²) in [7, 11) is 0. The molecule has 0 saturated carbocycles. The number of hydrazine groups is 1. The Hall–Kier alpha value is -3.25. The molecule has 1 aliphatic carbocycles. The zero-order valence-electron chi connectivity index (χ0n) is 23.0. The zero-order valence-corrected chi connectivity index (χ0v) is 23.0. The molecule has 0 aromatic carbocycles. The van der Waals surface area contributed by atoms with E-state index >= 15 is 0 Å². The van der Waals surface area contributed by atoms with Crippen LogP contribution in [-0.4, -0.2) is 72.4 Å². The Labute approximate surface area is 229 Å². The van der Waals surface area contributed by atoms with Crippen molar-refractivity contribution in [3.05, 3.63) is 46.1 Å². The number of unbranched alkanes of at least 4 members (excludes halogenated alkanes) is 1. The summed E-state index contributed by atoms with van der Waals surface area (Å²) in [6.45, 7) is 4.45. The molecule has 0 bridgehead atoms. The fourth-order valence-electron chi connectivity index (χ4n) is 4.39. The van der Waals surface area contributed by atoms with Crippen molar-refractivity contribution in [1.82, 2.24) is 15.8 Å². The van der Waals surface area contributed by atoms with Gasteiger partial charge >= 0.3 is 11.9 Å². The van der Waals surface area contributed by atoms with E-state index in [1.165, 1.54) is 5.01 Å². The lowest BCUT2D eigenvalue weighted by molar-refractivity contribution is -0.757. The maximum atomic E-state index is 13.7. The van der Waals surface area contributed by atoms with Gasteiger partial charge in [-0.25, -0.2) is 10.2 Å². The molecular weight excluding hydrogens is 508 g/mol. The molecule has 1 heterocycles. The third kappa shape index (κ3) is 11.6. The minimum absolute atomic E-state index is 0.0689. The number of rotatable bonds is 17. The molecule has 0 aromatic rings. The number of nitrogens with zero attached hydrogens (tertiary/aromatic N) is 2. The van der Waals surface area contributed by atoms with E-state index in [9.17, 15) is 24.5 Å². The maximum Gasteiger partial charge on any atom is 0.330 e. The van der Waals surface area contributed by atoms with Crippen LogP contribution < -0.4 is 10.7 Å². The molecule has 2 N–H and O–H groups in total. The van der Waals surface area contributed by atoms with Crippen LogP contribution in [0.1, 0.15) is 71.6 Å². The van der Waals surface area contributed by atoms with E-state index in [1.807, 2.05) is 25.2 Å². The Morgan fingerprint density at radius 2 is 1.95 bits per heavy atom. The summed E-state index contributed by atoms with van der Waals surface area (Å²) in [5, 5.41) is 13.9. The molecule has 1 amide bonds. The first kappa shape index (κ1) is 32.0. The maximum absolute atomic E-state index is 13.7. The van der Waals surface area contributed by atoms with Gasteiger partial charge in [0.15, 0.2) is 0 Å². The van der Waals surface area contributed by atoms with Crippen LogP contribution in [0.25, 0.3) is 0 Å². The van der Waals surface area contributed by atoms with Crippen LogP contribution in [-0.2, 0) is 28.7 Å². The number of nitrogens with one attached hydrogen (secondary N) is 2. The highest BCUT2D eigenvalue weighted by Crippen LogP contribution is 2.18. The second kappa shape index (κ2) is 18.1. The van der Waals surface area contributed by atoms with Gasteiger partial charge in [0, 0.05) is 6.54 Å². The molecule has 2 rings (SSSR count). The zero-order chi connectivity index (χ0) is 28.5. The minimum Gasteiger partial charge on any atom is -0.465 e. The van der Waals surface area contributed by atoms with Crippen molar-refractivity contribution in [2.45, 2.75) is 89.8 Å². The second-order valence-corrected chi connectivity index (χ2v) is 9.36. The lowest BCUT2D eigenvalue weighted by Crippen LogP contribution is -2.62. The van der Waals surface area contributed by atoms with Crippen molar-refractivity contribution in [3.63, 3.8) is 0 Å². The summed E-state index contributed by atoms with van der Waals surface area (Å²) in [5.74, 6) is -1.28. The van der Waals surface area contributed by atoms with Gasteiger partial charge in [0.2, 0.25) is 0 Å². The Bertz CT molecular complexity index is 904. The van der Waals surface area contributed by atoms with Gasteiger partial charge in [0.1, 0.15) is 12.1 Å². The second-order valence-electron chi connectivity index (χ2n) is 9.36. The molecule has 12 heteroatoms. The van der Waals surface area contributed by atoms with Crippen LogP contribution in [0.3, 0.4) is 0 Å². The molecule has 218 valence electrons. The summed E-state index contributed by atoms with van der Waals surface area (Å²) in [5.41, 5.74) is 4.12.